The van der Waals surface area contributed by atoms with Gasteiger partial charge in [-0.1, -0.05) is 11.6 Å². The standard InChI is InChI=1S/C12H18ClN3/c1-4-16(8(2)3)11-6-5-9(13)7-10(11)12(14)15/h5-8H,4H2,1-3H3,(H3,14,15). The third kappa shape index (κ3) is 2.67. The molecule has 0 amide bonds. The normalized spacial score (nSPS) is 10.6. The van der Waals surface area contributed by atoms with Crippen molar-refractivity contribution in [1.29, 1.82) is 5.41 Å². The highest BCUT2D eigenvalue weighted by molar-refractivity contribution is 6.31. The molecule has 16 heavy (non-hydrogen) atoms. The molecular weight excluding hydrogens is 222 g/mol. The Balaban J connectivity index is 3.26. The highest BCUT2D eigenvalue weighted by Gasteiger charge is 2.14. The van der Waals surface area contributed by atoms with Crippen LogP contribution in [0.3, 0.4) is 0 Å². The van der Waals surface area contributed by atoms with Gasteiger partial charge in [0.1, 0.15) is 5.84 Å². The summed E-state index contributed by atoms with van der Waals surface area (Å²) in [5, 5.41) is 8.18. The summed E-state index contributed by atoms with van der Waals surface area (Å²) in [7, 11) is 0. The number of nitrogens with one attached hydrogen (secondary N) is 1. The Morgan fingerprint density at radius 1 is 1.50 bits per heavy atom. The molecule has 0 spiro atoms. The predicted octanol–water partition coefficient (Wildman–Crippen LogP) is 2.86. The molecule has 0 bridgehead atoms. The Morgan fingerprint density at radius 3 is 2.56 bits per heavy atom. The number of nitrogens with two attached hydrogens (primary N) is 1. The van der Waals surface area contributed by atoms with Gasteiger partial charge < -0.3 is 10.6 Å². The molecule has 0 radical (unpaired) electrons. The van der Waals surface area contributed by atoms with E-state index in [0.717, 1.165) is 12.2 Å². The van der Waals surface area contributed by atoms with E-state index in [1.165, 1.54) is 0 Å². The Labute approximate surface area is 102 Å². The van der Waals surface area contributed by atoms with Gasteiger partial charge in [-0.25, -0.2) is 0 Å². The fourth-order valence-electron chi connectivity index (χ4n) is 1.79. The Bertz CT molecular complexity index is 388. The van der Waals surface area contributed by atoms with E-state index in [1.54, 1.807) is 6.07 Å². The zero-order chi connectivity index (χ0) is 12.3. The van der Waals surface area contributed by atoms with Gasteiger partial charge in [0.2, 0.25) is 0 Å². The van der Waals surface area contributed by atoms with Gasteiger partial charge in [0.05, 0.1) is 0 Å². The van der Waals surface area contributed by atoms with Crippen LogP contribution in [0.1, 0.15) is 26.3 Å². The average molecular weight is 240 g/mol. The summed E-state index contributed by atoms with van der Waals surface area (Å²) in [6, 6.07) is 5.85. The van der Waals surface area contributed by atoms with Crippen LogP contribution in [0, 0.1) is 5.41 Å². The van der Waals surface area contributed by atoms with Crippen molar-refractivity contribution >= 4 is 23.1 Å². The molecule has 0 saturated heterocycles. The number of amidine groups is 1. The highest BCUT2D eigenvalue weighted by Crippen LogP contribution is 2.25. The van der Waals surface area contributed by atoms with Crippen molar-refractivity contribution in [2.24, 2.45) is 5.73 Å². The average Bonchev–Trinajstić information content (AvgIpc) is 2.20. The minimum Gasteiger partial charge on any atom is -0.384 e. The summed E-state index contributed by atoms with van der Waals surface area (Å²) >= 11 is 5.92. The van der Waals surface area contributed by atoms with Gasteiger partial charge in [-0.15, -0.1) is 0 Å². The van der Waals surface area contributed by atoms with Crippen molar-refractivity contribution in [2.45, 2.75) is 26.8 Å². The Morgan fingerprint density at radius 2 is 2.12 bits per heavy atom. The number of benzene rings is 1. The monoisotopic (exact) mass is 239 g/mol. The molecule has 0 fully saturated rings. The molecule has 1 aromatic rings. The van der Waals surface area contributed by atoms with Crippen molar-refractivity contribution in [1.82, 2.24) is 0 Å². The lowest BCUT2D eigenvalue weighted by Crippen LogP contribution is -2.32. The van der Waals surface area contributed by atoms with Crippen molar-refractivity contribution in [3.8, 4) is 0 Å². The van der Waals surface area contributed by atoms with E-state index in [0.29, 0.717) is 16.6 Å². The lowest BCUT2D eigenvalue weighted by atomic mass is 10.1. The van der Waals surface area contributed by atoms with Gasteiger partial charge in [0.15, 0.2) is 0 Å². The number of nitrogens with zero attached hydrogens (tertiary/aromatic N) is 1. The van der Waals surface area contributed by atoms with Crippen LogP contribution in [0.25, 0.3) is 0 Å². The van der Waals surface area contributed by atoms with E-state index in [-0.39, 0.29) is 5.84 Å². The van der Waals surface area contributed by atoms with Crippen LogP contribution in [0.2, 0.25) is 5.02 Å². The van der Waals surface area contributed by atoms with Gasteiger partial charge in [-0.3, -0.25) is 5.41 Å². The summed E-state index contributed by atoms with van der Waals surface area (Å²) in [5.74, 6) is 0.0524. The van der Waals surface area contributed by atoms with Crippen LogP contribution < -0.4 is 10.6 Å². The summed E-state index contributed by atoms with van der Waals surface area (Å²) in [5.41, 5.74) is 7.24. The summed E-state index contributed by atoms with van der Waals surface area (Å²) in [4.78, 5) is 2.19. The van der Waals surface area contributed by atoms with Crippen LogP contribution in [-0.2, 0) is 0 Å². The maximum absolute atomic E-state index is 7.57. The number of halogens is 1. The maximum atomic E-state index is 7.57. The molecule has 0 aliphatic rings. The van der Waals surface area contributed by atoms with E-state index >= 15 is 0 Å². The number of rotatable bonds is 4. The van der Waals surface area contributed by atoms with E-state index in [9.17, 15) is 0 Å². The molecule has 0 heterocycles. The molecule has 0 aromatic heterocycles. The summed E-state index contributed by atoms with van der Waals surface area (Å²) in [6.45, 7) is 7.18. The van der Waals surface area contributed by atoms with E-state index in [4.69, 9.17) is 22.7 Å². The summed E-state index contributed by atoms with van der Waals surface area (Å²) in [6.07, 6.45) is 0. The van der Waals surface area contributed by atoms with Gasteiger partial charge in [0.25, 0.3) is 0 Å². The Kier molecular flexibility index (Phi) is 4.19. The number of anilines is 1. The number of hydrogen-bond donors (Lipinski definition) is 2. The molecule has 0 atom stereocenters. The zero-order valence-electron chi connectivity index (χ0n) is 9.92. The summed E-state index contributed by atoms with van der Waals surface area (Å²) < 4.78 is 0. The van der Waals surface area contributed by atoms with Crippen molar-refractivity contribution in [2.75, 3.05) is 11.4 Å². The fraction of sp³-hybridized carbons (Fsp3) is 0.417. The molecule has 0 saturated carbocycles. The molecule has 0 unspecified atom stereocenters. The minimum absolute atomic E-state index is 0.0524. The van der Waals surface area contributed by atoms with Crippen molar-refractivity contribution < 1.29 is 0 Å². The number of nitrogen functional groups attached to an aromatic ring is 1. The molecule has 3 nitrogen and oxygen atoms in total. The first kappa shape index (κ1) is 12.8. The predicted molar refractivity (Wildman–Crippen MR) is 70.6 cm³/mol. The quantitative estimate of drug-likeness (QED) is 0.627. The first-order valence-electron chi connectivity index (χ1n) is 5.38. The first-order valence-corrected chi connectivity index (χ1v) is 5.75. The zero-order valence-corrected chi connectivity index (χ0v) is 10.7. The lowest BCUT2D eigenvalue weighted by molar-refractivity contribution is 0.703. The van der Waals surface area contributed by atoms with Crippen LogP contribution in [0.5, 0.6) is 0 Å². The molecule has 4 heteroatoms. The molecule has 88 valence electrons. The maximum Gasteiger partial charge on any atom is 0.124 e. The number of hydrogen-bond acceptors (Lipinski definition) is 2. The topological polar surface area (TPSA) is 53.1 Å². The second kappa shape index (κ2) is 5.21. The third-order valence-corrected chi connectivity index (χ3v) is 2.76. The van der Waals surface area contributed by atoms with Gasteiger partial charge in [-0.2, -0.15) is 0 Å². The van der Waals surface area contributed by atoms with E-state index in [1.807, 2.05) is 12.1 Å². The molecular formula is C12H18ClN3. The van der Waals surface area contributed by atoms with Crippen LogP contribution >= 0.6 is 11.6 Å². The van der Waals surface area contributed by atoms with Gasteiger partial charge >= 0.3 is 0 Å². The largest absolute Gasteiger partial charge is 0.384 e. The van der Waals surface area contributed by atoms with Gasteiger partial charge in [-0.05, 0) is 39.0 Å². The molecule has 3 N–H and O–H groups in total. The molecule has 1 rings (SSSR count). The second-order valence-corrected chi connectivity index (χ2v) is 4.39. The first-order chi connectivity index (χ1) is 7.47. The Hall–Kier alpha value is -1.22. The van der Waals surface area contributed by atoms with Crippen LogP contribution in [0.4, 0.5) is 5.69 Å². The fourth-order valence-corrected chi connectivity index (χ4v) is 1.96. The van der Waals surface area contributed by atoms with Crippen molar-refractivity contribution in [3.63, 3.8) is 0 Å². The van der Waals surface area contributed by atoms with Gasteiger partial charge in [0, 0.05) is 28.9 Å². The van der Waals surface area contributed by atoms with Crippen molar-refractivity contribution in [3.05, 3.63) is 28.8 Å². The van der Waals surface area contributed by atoms with E-state index in [2.05, 4.69) is 25.7 Å². The van der Waals surface area contributed by atoms with E-state index < -0.39 is 0 Å². The molecule has 0 aliphatic carbocycles. The third-order valence-electron chi connectivity index (χ3n) is 2.52. The van der Waals surface area contributed by atoms with Crippen LogP contribution in [0.15, 0.2) is 18.2 Å². The SMILES string of the molecule is CCN(c1ccc(Cl)cc1C(=N)N)C(C)C. The highest BCUT2D eigenvalue weighted by atomic mass is 35.5. The second-order valence-electron chi connectivity index (χ2n) is 3.95. The van der Waals surface area contributed by atoms with Crippen LogP contribution in [-0.4, -0.2) is 18.4 Å². The minimum atomic E-state index is 0.0524. The lowest BCUT2D eigenvalue weighted by Gasteiger charge is -2.29. The molecule has 1 aromatic carbocycles. The smallest absolute Gasteiger partial charge is 0.124 e. The molecule has 0 aliphatic heterocycles.